The Morgan fingerprint density at radius 1 is 1.04 bits per heavy atom. The zero-order valence-electron chi connectivity index (χ0n) is 15.0. The molecule has 4 nitrogen and oxygen atoms in total. The first-order chi connectivity index (χ1) is 12.8. The predicted octanol–water partition coefficient (Wildman–Crippen LogP) is 3.60. The van der Waals surface area contributed by atoms with Gasteiger partial charge in [-0.3, -0.25) is 9.69 Å². The van der Waals surface area contributed by atoms with Crippen LogP contribution >= 0.6 is 0 Å². The number of amides is 1. The molecule has 0 saturated carbocycles. The topological polar surface area (TPSA) is 44.4 Å². The second-order valence-electron chi connectivity index (χ2n) is 7.80. The van der Waals surface area contributed by atoms with E-state index in [2.05, 4.69) is 39.8 Å². The Kier molecular flexibility index (Phi) is 3.93. The van der Waals surface area contributed by atoms with Crippen molar-refractivity contribution in [1.82, 2.24) is 4.90 Å². The van der Waals surface area contributed by atoms with E-state index in [0.29, 0.717) is 5.92 Å². The van der Waals surface area contributed by atoms with Crippen LogP contribution in [0.1, 0.15) is 35.4 Å². The maximum Gasteiger partial charge on any atom is 0.232 e. The number of hydrogen-bond acceptors (Lipinski definition) is 3. The van der Waals surface area contributed by atoms with Gasteiger partial charge in [0.1, 0.15) is 0 Å². The number of fused-ring (bicyclic) bond motifs is 2. The van der Waals surface area contributed by atoms with Gasteiger partial charge in [0.05, 0.1) is 5.92 Å². The van der Waals surface area contributed by atoms with E-state index in [1.807, 2.05) is 18.2 Å². The van der Waals surface area contributed by atoms with Crippen molar-refractivity contribution in [2.45, 2.75) is 31.7 Å². The van der Waals surface area contributed by atoms with Gasteiger partial charge >= 0.3 is 0 Å². The average molecular weight is 347 g/mol. The molecule has 1 atom stereocenters. The van der Waals surface area contributed by atoms with E-state index in [1.54, 1.807) is 0 Å². The van der Waals surface area contributed by atoms with E-state index >= 15 is 0 Å². The Morgan fingerprint density at radius 3 is 2.77 bits per heavy atom. The lowest BCUT2D eigenvalue weighted by molar-refractivity contribution is -0.118. The van der Waals surface area contributed by atoms with Crippen LogP contribution in [0.2, 0.25) is 0 Å². The summed E-state index contributed by atoms with van der Waals surface area (Å²) in [5.74, 6) is 0.681. The minimum Gasteiger partial charge on any atom is -0.384 e. The molecule has 0 radical (unpaired) electrons. The largest absolute Gasteiger partial charge is 0.384 e. The van der Waals surface area contributed by atoms with Gasteiger partial charge in [-0.1, -0.05) is 36.4 Å². The third-order valence-electron chi connectivity index (χ3n) is 6.27. The van der Waals surface area contributed by atoms with E-state index in [9.17, 15) is 4.79 Å². The fraction of sp³-hybridized carbons (Fsp3) is 0.409. The summed E-state index contributed by atoms with van der Waals surface area (Å²) in [6.45, 7) is 4.21. The van der Waals surface area contributed by atoms with Crippen molar-refractivity contribution in [2.75, 3.05) is 30.3 Å². The first-order valence-corrected chi connectivity index (χ1v) is 9.76. The molecule has 2 N–H and O–H groups in total. The van der Waals surface area contributed by atoms with E-state index < -0.39 is 0 Å². The molecule has 26 heavy (non-hydrogen) atoms. The van der Waals surface area contributed by atoms with Crippen LogP contribution in [0.3, 0.4) is 0 Å². The molecule has 5 rings (SSSR count). The number of rotatable bonds is 3. The van der Waals surface area contributed by atoms with Crippen molar-refractivity contribution in [3.8, 4) is 0 Å². The minimum atomic E-state index is 0.0380. The Balaban J connectivity index is 1.26. The molecule has 0 aromatic heterocycles. The smallest absolute Gasteiger partial charge is 0.232 e. The van der Waals surface area contributed by atoms with Gasteiger partial charge in [-0.15, -0.1) is 0 Å². The summed E-state index contributed by atoms with van der Waals surface area (Å²) in [5.41, 5.74) is 6.44. The molecular formula is C22H25N3O. The molecule has 4 heteroatoms. The maximum atomic E-state index is 12.5. The highest BCUT2D eigenvalue weighted by molar-refractivity contribution is 6.03. The van der Waals surface area contributed by atoms with E-state index in [4.69, 9.17) is 0 Å². The number of para-hydroxylation sites is 2. The summed E-state index contributed by atoms with van der Waals surface area (Å²) in [5, 5.41) is 6.61. The molecule has 2 aromatic carbocycles. The van der Waals surface area contributed by atoms with Crippen LogP contribution in [0.4, 0.5) is 11.4 Å². The highest BCUT2D eigenvalue weighted by Crippen LogP contribution is 2.41. The highest BCUT2D eigenvalue weighted by Gasteiger charge is 2.38. The zero-order valence-corrected chi connectivity index (χ0v) is 15.0. The average Bonchev–Trinajstić information content (AvgIpc) is 3.26. The number of piperidine rings is 1. The molecule has 3 aliphatic heterocycles. The third-order valence-corrected chi connectivity index (χ3v) is 6.27. The van der Waals surface area contributed by atoms with Crippen molar-refractivity contribution in [3.05, 3.63) is 59.2 Å². The number of carbonyl (C=O) groups is 1. The summed E-state index contributed by atoms with van der Waals surface area (Å²) in [6, 6.07) is 14.9. The zero-order chi connectivity index (χ0) is 17.5. The highest BCUT2D eigenvalue weighted by atomic mass is 16.2. The summed E-state index contributed by atoms with van der Waals surface area (Å²) >= 11 is 0. The number of likely N-dealkylation sites (tertiary alicyclic amines) is 1. The molecule has 1 amide bonds. The molecule has 2 aromatic rings. The van der Waals surface area contributed by atoms with Crippen LogP contribution in [-0.2, 0) is 17.8 Å². The van der Waals surface area contributed by atoms with Crippen molar-refractivity contribution < 1.29 is 4.79 Å². The third kappa shape index (κ3) is 2.69. The van der Waals surface area contributed by atoms with Crippen LogP contribution < -0.4 is 10.6 Å². The van der Waals surface area contributed by atoms with Crippen LogP contribution in [0, 0.1) is 5.92 Å². The first-order valence-electron chi connectivity index (χ1n) is 9.76. The van der Waals surface area contributed by atoms with Gasteiger partial charge in [0.2, 0.25) is 5.91 Å². The van der Waals surface area contributed by atoms with Crippen molar-refractivity contribution in [3.63, 3.8) is 0 Å². The number of hydrogen-bond donors (Lipinski definition) is 2. The van der Waals surface area contributed by atoms with Gasteiger partial charge in [-0.2, -0.15) is 0 Å². The molecule has 0 aliphatic carbocycles. The van der Waals surface area contributed by atoms with Gasteiger partial charge in [-0.05, 0) is 61.0 Å². The van der Waals surface area contributed by atoms with Crippen molar-refractivity contribution in [1.29, 1.82) is 0 Å². The van der Waals surface area contributed by atoms with E-state index in [-0.39, 0.29) is 11.8 Å². The number of benzene rings is 2. The van der Waals surface area contributed by atoms with Gasteiger partial charge in [-0.25, -0.2) is 0 Å². The van der Waals surface area contributed by atoms with Crippen LogP contribution in [0.15, 0.2) is 42.5 Å². The van der Waals surface area contributed by atoms with Gasteiger partial charge < -0.3 is 10.6 Å². The molecule has 3 heterocycles. The summed E-state index contributed by atoms with van der Waals surface area (Å²) in [4.78, 5) is 15.0. The molecule has 1 unspecified atom stereocenters. The summed E-state index contributed by atoms with van der Waals surface area (Å²) in [7, 11) is 0. The second kappa shape index (κ2) is 6.44. The maximum absolute atomic E-state index is 12.5. The summed E-state index contributed by atoms with van der Waals surface area (Å²) < 4.78 is 0. The van der Waals surface area contributed by atoms with Crippen molar-refractivity contribution >= 4 is 17.3 Å². The lowest BCUT2D eigenvalue weighted by atomic mass is 9.80. The Labute approximate surface area is 154 Å². The molecular weight excluding hydrogens is 322 g/mol. The quantitative estimate of drug-likeness (QED) is 0.892. The standard InChI is InChI=1S/C22H25N3O/c26-22-20(18-6-1-2-7-19(18)24-22)15-9-12-25(13-10-15)14-17-5-3-4-16-8-11-23-21(16)17/h1-7,15,20,23H,8-14H2,(H,24,26). The van der Waals surface area contributed by atoms with Gasteiger partial charge in [0, 0.05) is 24.5 Å². The number of nitrogens with one attached hydrogen (secondary N) is 2. The first kappa shape index (κ1) is 15.9. The number of anilines is 2. The molecule has 3 aliphatic rings. The van der Waals surface area contributed by atoms with Crippen LogP contribution in [0.5, 0.6) is 0 Å². The predicted molar refractivity (Wildman–Crippen MR) is 104 cm³/mol. The van der Waals surface area contributed by atoms with E-state index in [1.165, 1.54) is 22.4 Å². The number of nitrogens with zero attached hydrogens (tertiary/aromatic N) is 1. The van der Waals surface area contributed by atoms with Gasteiger partial charge in [0.25, 0.3) is 0 Å². The van der Waals surface area contributed by atoms with Crippen LogP contribution in [-0.4, -0.2) is 30.4 Å². The minimum absolute atomic E-state index is 0.0380. The SMILES string of the molecule is O=C1Nc2ccccc2C1C1CCN(Cc2cccc3c2NCC3)CC1. The van der Waals surface area contributed by atoms with E-state index in [0.717, 1.165) is 51.1 Å². The lowest BCUT2D eigenvalue weighted by Crippen LogP contribution is -2.36. The fourth-order valence-electron chi connectivity index (χ4n) is 4.93. The summed E-state index contributed by atoms with van der Waals surface area (Å²) in [6.07, 6.45) is 3.32. The number of carbonyl (C=O) groups excluding carboxylic acids is 1. The Hall–Kier alpha value is -2.33. The molecule has 0 spiro atoms. The fourth-order valence-corrected chi connectivity index (χ4v) is 4.93. The van der Waals surface area contributed by atoms with Crippen molar-refractivity contribution in [2.24, 2.45) is 5.92 Å². The van der Waals surface area contributed by atoms with Gasteiger partial charge in [0.15, 0.2) is 0 Å². The normalized spacial score (nSPS) is 22.6. The second-order valence-corrected chi connectivity index (χ2v) is 7.80. The monoisotopic (exact) mass is 347 g/mol. The Bertz CT molecular complexity index is 839. The lowest BCUT2D eigenvalue weighted by Gasteiger charge is -2.34. The molecule has 0 bridgehead atoms. The Morgan fingerprint density at radius 2 is 1.88 bits per heavy atom. The molecule has 1 fully saturated rings. The molecule has 1 saturated heterocycles. The molecule has 134 valence electrons. The van der Waals surface area contributed by atoms with Crippen LogP contribution in [0.25, 0.3) is 0 Å².